The fourth-order valence-corrected chi connectivity index (χ4v) is 10.8. The molecule has 0 spiro atoms. The van der Waals surface area contributed by atoms with E-state index in [-0.39, 0.29) is 12.5 Å². The minimum atomic E-state index is -1.13. The highest BCUT2D eigenvalue weighted by Gasteiger charge is 2.26. The average Bonchev–Trinajstić information content (AvgIpc) is 3.35. The third-order valence-electron chi connectivity index (χ3n) is 15.7. The van der Waals surface area contributed by atoms with E-state index in [1.807, 2.05) is 0 Å². The molecule has 0 saturated carbocycles. The Balaban J connectivity index is 3.43. The van der Waals surface area contributed by atoms with Gasteiger partial charge in [-0.1, -0.05) is 361 Å². The van der Waals surface area contributed by atoms with E-state index in [4.69, 9.17) is 0 Å². The molecule has 0 aliphatic heterocycles. The zero-order valence-corrected chi connectivity index (χ0v) is 47.5. The number of carbonyl (C=O) groups is 1. The molecular weight excluding hydrogens is 847 g/mol. The van der Waals surface area contributed by atoms with Crippen molar-refractivity contribution in [2.75, 3.05) is 6.61 Å². The molecule has 0 bridgehead atoms. The molecule has 0 saturated heterocycles. The van der Waals surface area contributed by atoms with Gasteiger partial charge in [0.05, 0.1) is 18.8 Å². The number of aliphatic hydroxyl groups excluding tert-OH is 3. The Labute approximate surface area is 434 Å². The summed E-state index contributed by atoms with van der Waals surface area (Å²) in [5, 5.41) is 33.9. The predicted molar refractivity (Wildman–Crippen MR) is 306 cm³/mol. The van der Waals surface area contributed by atoms with E-state index < -0.39 is 18.2 Å². The largest absolute Gasteiger partial charge is 0.394 e. The van der Waals surface area contributed by atoms with E-state index in [9.17, 15) is 20.1 Å². The summed E-state index contributed by atoms with van der Waals surface area (Å²) < 4.78 is 0. The van der Waals surface area contributed by atoms with Gasteiger partial charge in [0.15, 0.2) is 0 Å². The van der Waals surface area contributed by atoms with E-state index in [1.165, 1.54) is 321 Å². The van der Waals surface area contributed by atoms with Gasteiger partial charge in [0, 0.05) is 6.42 Å². The van der Waals surface area contributed by atoms with Crippen LogP contribution < -0.4 is 5.32 Å². The third kappa shape index (κ3) is 54.9. The second-order valence-corrected chi connectivity index (χ2v) is 22.7. The normalized spacial score (nSPS) is 13.1. The van der Waals surface area contributed by atoms with Gasteiger partial charge >= 0.3 is 0 Å². The van der Waals surface area contributed by atoms with E-state index in [2.05, 4.69) is 19.2 Å². The van der Waals surface area contributed by atoms with Gasteiger partial charge in [0.25, 0.3) is 0 Å². The zero-order chi connectivity index (χ0) is 50.0. The van der Waals surface area contributed by atoms with Gasteiger partial charge in [-0.2, -0.15) is 0 Å². The molecule has 414 valence electrons. The fourth-order valence-electron chi connectivity index (χ4n) is 10.8. The Morgan fingerprint density at radius 1 is 0.304 bits per heavy atom. The Morgan fingerprint density at radius 2 is 0.493 bits per heavy atom. The quantitative estimate of drug-likeness (QED) is 0.0457. The van der Waals surface area contributed by atoms with Crippen molar-refractivity contribution < 1.29 is 20.1 Å². The minimum Gasteiger partial charge on any atom is -0.394 e. The Morgan fingerprint density at radius 3 is 0.696 bits per heavy atom. The number of nitrogens with one attached hydrogen (secondary N) is 1. The summed E-state index contributed by atoms with van der Waals surface area (Å²) in [5.74, 6) is -0.134. The molecule has 5 nitrogen and oxygen atoms in total. The summed E-state index contributed by atoms with van der Waals surface area (Å²) in [7, 11) is 0. The topological polar surface area (TPSA) is 89.8 Å². The first-order chi connectivity index (χ1) is 34.1. The summed E-state index contributed by atoms with van der Waals surface area (Å²) in [6, 6.07) is -0.805. The molecule has 0 heterocycles. The van der Waals surface area contributed by atoms with Gasteiger partial charge < -0.3 is 20.6 Å². The molecule has 0 aromatic carbocycles. The van der Waals surface area contributed by atoms with Gasteiger partial charge in [-0.3, -0.25) is 4.79 Å². The number of hydrogen-bond donors (Lipinski definition) is 4. The molecule has 0 rings (SSSR count). The first-order valence-electron chi connectivity index (χ1n) is 32.3. The van der Waals surface area contributed by atoms with Crippen molar-refractivity contribution in [2.24, 2.45) is 0 Å². The Bertz CT molecular complexity index is 944. The van der Waals surface area contributed by atoms with Crippen molar-refractivity contribution in [3.8, 4) is 0 Å². The Hall–Kier alpha value is -0.650. The summed E-state index contributed by atoms with van der Waals surface area (Å²) in [6.07, 6.45) is 74.4. The van der Waals surface area contributed by atoms with Crippen LogP contribution in [0, 0.1) is 0 Å². The van der Waals surface area contributed by atoms with Crippen LogP contribution in [0.3, 0.4) is 0 Å². The summed E-state index contributed by atoms with van der Waals surface area (Å²) in [5.41, 5.74) is 0. The highest BCUT2D eigenvalue weighted by molar-refractivity contribution is 5.76. The van der Waals surface area contributed by atoms with E-state index in [0.717, 1.165) is 32.1 Å². The van der Waals surface area contributed by atoms with Gasteiger partial charge in [-0.05, 0) is 12.8 Å². The van der Waals surface area contributed by atoms with Crippen LogP contribution in [0.1, 0.15) is 380 Å². The monoisotopic (exact) mass is 976 g/mol. The molecule has 0 aromatic rings. The number of rotatable bonds is 61. The number of aliphatic hydroxyl groups is 3. The lowest BCUT2D eigenvalue weighted by atomic mass is 9.99. The molecule has 4 N–H and O–H groups in total. The van der Waals surface area contributed by atoms with Crippen LogP contribution in [0.4, 0.5) is 0 Å². The highest BCUT2D eigenvalue weighted by atomic mass is 16.3. The van der Waals surface area contributed by atoms with Gasteiger partial charge in [0.2, 0.25) is 5.91 Å². The van der Waals surface area contributed by atoms with Crippen molar-refractivity contribution in [1.82, 2.24) is 5.32 Å². The van der Waals surface area contributed by atoms with E-state index in [1.54, 1.807) is 0 Å². The molecule has 0 fully saturated rings. The zero-order valence-electron chi connectivity index (χ0n) is 47.5. The lowest BCUT2D eigenvalue weighted by Gasteiger charge is -2.26. The standard InChI is InChI=1S/C64H129NO4/c1-3-5-7-9-11-13-15-17-19-21-23-25-27-28-29-30-31-32-33-34-35-36-37-39-41-43-45-47-49-51-53-55-57-59-63(68)65-61(60-66)64(69)62(67)58-56-54-52-50-48-46-44-42-40-38-26-24-22-20-18-16-14-12-10-8-6-4-2/h61-62,64,66-67,69H,3-60H2,1-2H3,(H,65,68). The lowest BCUT2D eigenvalue weighted by molar-refractivity contribution is -0.124. The second-order valence-electron chi connectivity index (χ2n) is 22.7. The molecule has 0 aliphatic rings. The van der Waals surface area contributed by atoms with Crippen LogP contribution in [0.5, 0.6) is 0 Å². The van der Waals surface area contributed by atoms with Crippen LogP contribution >= 0.6 is 0 Å². The predicted octanol–water partition coefficient (Wildman–Crippen LogP) is 20.5. The summed E-state index contributed by atoms with van der Waals surface area (Å²) in [6.45, 7) is 4.24. The smallest absolute Gasteiger partial charge is 0.220 e. The van der Waals surface area contributed by atoms with Gasteiger partial charge in [-0.25, -0.2) is 0 Å². The highest BCUT2D eigenvalue weighted by Crippen LogP contribution is 2.20. The van der Waals surface area contributed by atoms with Crippen LogP contribution in [0.15, 0.2) is 0 Å². The third-order valence-corrected chi connectivity index (χ3v) is 15.7. The van der Waals surface area contributed by atoms with Crippen LogP contribution in [0.2, 0.25) is 0 Å². The molecule has 3 unspecified atom stereocenters. The molecule has 69 heavy (non-hydrogen) atoms. The first kappa shape index (κ1) is 68.4. The number of carbonyl (C=O) groups excluding carboxylic acids is 1. The number of amides is 1. The molecular formula is C64H129NO4. The molecule has 5 heteroatoms. The number of unbranched alkanes of at least 4 members (excludes halogenated alkanes) is 53. The first-order valence-corrected chi connectivity index (χ1v) is 32.3. The SMILES string of the molecule is CCCCCCCCCCCCCCCCCCCCCCCCCCCCCCCCCCCC(=O)NC(CO)C(O)C(O)CCCCCCCCCCCCCCCCCCCCCCCC. The van der Waals surface area contributed by atoms with E-state index >= 15 is 0 Å². The van der Waals surface area contributed by atoms with Crippen LogP contribution in [0.25, 0.3) is 0 Å². The van der Waals surface area contributed by atoms with Crippen molar-refractivity contribution in [3.05, 3.63) is 0 Å². The minimum absolute atomic E-state index is 0.134. The maximum Gasteiger partial charge on any atom is 0.220 e. The van der Waals surface area contributed by atoms with Crippen LogP contribution in [-0.2, 0) is 4.79 Å². The van der Waals surface area contributed by atoms with Crippen molar-refractivity contribution >= 4 is 5.91 Å². The number of hydrogen-bond acceptors (Lipinski definition) is 4. The molecule has 0 radical (unpaired) electrons. The van der Waals surface area contributed by atoms with Crippen molar-refractivity contribution in [3.63, 3.8) is 0 Å². The van der Waals surface area contributed by atoms with Crippen molar-refractivity contribution in [2.45, 2.75) is 398 Å². The molecule has 0 aliphatic carbocycles. The summed E-state index contributed by atoms with van der Waals surface area (Å²) in [4.78, 5) is 12.6. The summed E-state index contributed by atoms with van der Waals surface area (Å²) >= 11 is 0. The maximum absolute atomic E-state index is 12.6. The maximum atomic E-state index is 12.6. The van der Waals surface area contributed by atoms with Gasteiger partial charge in [-0.15, -0.1) is 0 Å². The lowest BCUT2D eigenvalue weighted by Crippen LogP contribution is -2.50. The van der Waals surface area contributed by atoms with Gasteiger partial charge in [0.1, 0.15) is 6.10 Å². The second kappa shape index (κ2) is 59.9. The molecule has 0 aromatic heterocycles. The fraction of sp³-hybridized carbons (Fsp3) is 0.984. The van der Waals surface area contributed by atoms with Crippen molar-refractivity contribution in [1.29, 1.82) is 0 Å². The molecule has 3 atom stereocenters. The average molecular weight is 977 g/mol. The Kier molecular flexibility index (Phi) is 59.3. The molecule has 1 amide bonds. The van der Waals surface area contributed by atoms with E-state index in [0.29, 0.717) is 12.8 Å². The van der Waals surface area contributed by atoms with Crippen LogP contribution in [-0.4, -0.2) is 46.1 Å².